The fraction of sp³-hybridized carbons (Fsp3) is 0.200. The number of carbonyl (C=O) groups excluding carboxylic acids is 2. The lowest BCUT2D eigenvalue weighted by molar-refractivity contribution is -0.143. The number of halogens is 2. The molecule has 0 saturated carbocycles. The summed E-state index contributed by atoms with van der Waals surface area (Å²) in [6.45, 7) is 3.39. The Labute approximate surface area is 166 Å². The van der Waals surface area contributed by atoms with Gasteiger partial charge in [-0.2, -0.15) is 0 Å². The molecule has 1 aliphatic heterocycles. The predicted octanol–water partition coefficient (Wildman–Crippen LogP) is 4.57. The average Bonchev–Trinajstić information content (AvgIpc) is 2.62. The molecule has 0 fully saturated rings. The number of esters is 1. The normalized spacial score (nSPS) is 12.5. The van der Waals surface area contributed by atoms with Gasteiger partial charge in [-0.15, -0.1) is 0 Å². The predicted molar refractivity (Wildman–Crippen MR) is 105 cm³/mol. The molecule has 0 aliphatic carbocycles. The van der Waals surface area contributed by atoms with E-state index in [2.05, 4.69) is 5.32 Å². The fourth-order valence-electron chi connectivity index (χ4n) is 2.74. The maximum Gasteiger partial charge on any atom is 0.338 e. The second kappa shape index (κ2) is 8.03. The van der Waals surface area contributed by atoms with Gasteiger partial charge < -0.3 is 14.8 Å². The van der Waals surface area contributed by atoms with Crippen molar-refractivity contribution >= 4 is 46.8 Å². The zero-order valence-corrected chi connectivity index (χ0v) is 16.3. The minimum atomic E-state index is -0.623. The maximum absolute atomic E-state index is 12.2. The van der Waals surface area contributed by atoms with Crippen molar-refractivity contribution in [3.8, 4) is 5.75 Å². The Hall–Kier alpha value is -2.50. The molecule has 3 rings (SSSR count). The lowest BCUT2D eigenvalue weighted by atomic mass is 10.1. The summed E-state index contributed by atoms with van der Waals surface area (Å²) in [5, 5.41) is 3.64. The highest BCUT2D eigenvalue weighted by Gasteiger charge is 2.20. The smallest absolute Gasteiger partial charge is 0.338 e. The van der Waals surface area contributed by atoms with E-state index in [1.165, 1.54) is 0 Å². The van der Waals surface area contributed by atoms with Gasteiger partial charge in [0.2, 0.25) is 0 Å². The van der Waals surface area contributed by atoms with Crippen LogP contribution >= 0.6 is 23.2 Å². The quantitative estimate of drug-likeness (QED) is 0.756. The summed E-state index contributed by atoms with van der Waals surface area (Å²) >= 11 is 12.1. The van der Waals surface area contributed by atoms with Crippen LogP contribution in [-0.4, -0.2) is 25.1 Å². The van der Waals surface area contributed by atoms with E-state index in [1.54, 1.807) is 30.3 Å². The molecule has 0 saturated heterocycles. The molecule has 0 radical (unpaired) electrons. The molecule has 0 atom stereocenters. The second-order valence-corrected chi connectivity index (χ2v) is 7.05. The van der Waals surface area contributed by atoms with Crippen LogP contribution in [0.2, 0.25) is 10.0 Å². The number of ether oxygens (including phenoxy) is 2. The van der Waals surface area contributed by atoms with Gasteiger partial charge in [-0.05, 0) is 55.3 Å². The number of carbonyl (C=O) groups is 2. The van der Waals surface area contributed by atoms with Crippen molar-refractivity contribution in [2.24, 2.45) is 0 Å². The van der Waals surface area contributed by atoms with Gasteiger partial charge in [0.1, 0.15) is 12.4 Å². The average molecular weight is 406 g/mol. The first-order chi connectivity index (χ1) is 12.8. The summed E-state index contributed by atoms with van der Waals surface area (Å²) in [4.78, 5) is 24.3. The third-order valence-electron chi connectivity index (χ3n) is 3.98. The van der Waals surface area contributed by atoms with Crippen molar-refractivity contribution < 1.29 is 19.1 Å². The molecule has 2 aromatic carbocycles. The number of anilines is 1. The molecular weight excluding hydrogens is 389 g/mol. The number of benzene rings is 2. The number of aryl methyl sites for hydroxylation is 2. The molecule has 0 spiro atoms. The van der Waals surface area contributed by atoms with Gasteiger partial charge in [0.05, 0.1) is 16.3 Å². The molecule has 1 N–H and O–H groups in total. The number of hydrogen-bond donors (Lipinski definition) is 1. The van der Waals surface area contributed by atoms with Crippen LogP contribution in [0.3, 0.4) is 0 Å². The van der Waals surface area contributed by atoms with E-state index in [9.17, 15) is 9.59 Å². The fourth-order valence-corrected chi connectivity index (χ4v) is 3.29. The minimum absolute atomic E-state index is 0.0674. The van der Waals surface area contributed by atoms with E-state index < -0.39 is 18.5 Å². The first-order valence-corrected chi connectivity index (χ1v) is 8.95. The van der Waals surface area contributed by atoms with E-state index in [0.717, 1.165) is 11.1 Å². The summed E-state index contributed by atoms with van der Waals surface area (Å²) < 4.78 is 10.6. The van der Waals surface area contributed by atoms with Crippen molar-refractivity contribution in [1.82, 2.24) is 0 Å². The molecular formula is C20H17Cl2NO4. The van der Waals surface area contributed by atoms with Crippen LogP contribution in [0, 0.1) is 13.8 Å². The zero-order chi connectivity index (χ0) is 19.6. The highest BCUT2D eigenvalue weighted by atomic mass is 35.5. The van der Waals surface area contributed by atoms with Crippen LogP contribution in [0.1, 0.15) is 16.7 Å². The summed E-state index contributed by atoms with van der Waals surface area (Å²) in [7, 11) is 0. The summed E-state index contributed by atoms with van der Waals surface area (Å²) in [5.74, 6) is -0.460. The molecule has 1 amide bonds. The maximum atomic E-state index is 12.2. The zero-order valence-electron chi connectivity index (χ0n) is 14.8. The van der Waals surface area contributed by atoms with Gasteiger partial charge in [0.15, 0.2) is 6.61 Å². The van der Waals surface area contributed by atoms with Crippen molar-refractivity contribution in [2.45, 2.75) is 13.8 Å². The van der Waals surface area contributed by atoms with Crippen molar-refractivity contribution in [3.63, 3.8) is 0 Å². The molecule has 0 aromatic heterocycles. The van der Waals surface area contributed by atoms with Gasteiger partial charge >= 0.3 is 5.97 Å². The first kappa shape index (κ1) is 19.3. The lowest BCUT2D eigenvalue weighted by Crippen LogP contribution is -2.24. The van der Waals surface area contributed by atoms with Crippen LogP contribution in [0.4, 0.5) is 5.69 Å². The Morgan fingerprint density at radius 2 is 1.96 bits per heavy atom. The number of amides is 1. The van der Waals surface area contributed by atoms with Gasteiger partial charge in [-0.25, -0.2) is 4.79 Å². The molecule has 27 heavy (non-hydrogen) atoms. The molecule has 5 nitrogen and oxygen atoms in total. The highest BCUT2D eigenvalue weighted by Crippen LogP contribution is 2.29. The van der Waals surface area contributed by atoms with E-state index >= 15 is 0 Å². The summed E-state index contributed by atoms with van der Waals surface area (Å²) in [5.41, 5.74) is 3.32. The Kier molecular flexibility index (Phi) is 5.73. The van der Waals surface area contributed by atoms with Crippen molar-refractivity contribution in [3.05, 3.63) is 62.6 Å². The van der Waals surface area contributed by atoms with Gasteiger partial charge in [-0.3, -0.25) is 4.79 Å². The Morgan fingerprint density at radius 1 is 1.19 bits per heavy atom. The molecule has 0 unspecified atom stereocenters. The molecule has 7 heteroatoms. The van der Waals surface area contributed by atoms with Crippen LogP contribution < -0.4 is 10.1 Å². The molecule has 1 heterocycles. The van der Waals surface area contributed by atoms with E-state index in [0.29, 0.717) is 32.6 Å². The van der Waals surface area contributed by atoms with Gasteiger partial charge in [-0.1, -0.05) is 29.3 Å². The van der Waals surface area contributed by atoms with E-state index in [-0.39, 0.29) is 6.61 Å². The Balaban J connectivity index is 1.62. The summed E-state index contributed by atoms with van der Waals surface area (Å²) in [6, 6.07) is 8.79. The number of nitrogens with one attached hydrogen (secondary N) is 1. The lowest BCUT2D eigenvalue weighted by Gasteiger charge is -2.17. The molecule has 0 bridgehead atoms. The SMILES string of the molecule is Cc1cc(C)c(NC(=O)COC(=O)C2=Cc3cc(Cl)ccc3OC2)c(Cl)c1. The van der Waals surface area contributed by atoms with E-state index in [1.807, 2.05) is 19.9 Å². The minimum Gasteiger partial charge on any atom is -0.488 e. The van der Waals surface area contributed by atoms with Gasteiger partial charge in [0.25, 0.3) is 5.91 Å². The monoisotopic (exact) mass is 405 g/mol. The van der Waals surface area contributed by atoms with Crippen LogP contribution in [0.5, 0.6) is 5.75 Å². The van der Waals surface area contributed by atoms with E-state index in [4.69, 9.17) is 32.7 Å². The topological polar surface area (TPSA) is 64.6 Å². The standard InChI is InChI=1S/C20H17Cl2NO4/c1-11-5-12(2)19(16(22)6-11)23-18(24)10-27-20(25)14-7-13-8-15(21)3-4-17(13)26-9-14/h3-8H,9-10H2,1-2H3,(H,23,24). The van der Waals surface area contributed by atoms with Crippen LogP contribution in [0.15, 0.2) is 35.9 Å². The molecule has 140 valence electrons. The van der Waals surface area contributed by atoms with Crippen LogP contribution in [-0.2, 0) is 14.3 Å². The second-order valence-electron chi connectivity index (χ2n) is 6.20. The summed E-state index contributed by atoms with van der Waals surface area (Å²) in [6.07, 6.45) is 1.64. The first-order valence-electron chi connectivity index (χ1n) is 8.20. The molecule has 1 aliphatic rings. The van der Waals surface area contributed by atoms with Crippen molar-refractivity contribution in [2.75, 3.05) is 18.5 Å². The number of rotatable bonds is 4. The third kappa shape index (κ3) is 4.62. The third-order valence-corrected chi connectivity index (χ3v) is 4.51. The van der Waals surface area contributed by atoms with Gasteiger partial charge in [0, 0.05) is 10.6 Å². The van der Waals surface area contributed by atoms with Crippen LogP contribution in [0.25, 0.3) is 6.08 Å². The number of fused-ring (bicyclic) bond motifs is 1. The largest absolute Gasteiger partial charge is 0.488 e. The molecule has 2 aromatic rings. The number of hydrogen-bond acceptors (Lipinski definition) is 4. The Bertz CT molecular complexity index is 930. The van der Waals surface area contributed by atoms with Crippen molar-refractivity contribution in [1.29, 1.82) is 0 Å². The Morgan fingerprint density at radius 3 is 2.70 bits per heavy atom. The highest BCUT2D eigenvalue weighted by molar-refractivity contribution is 6.34.